The number of carbonyl (C=O) groups excluding carboxylic acids is 1. The van der Waals surface area contributed by atoms with Gasteiger partial charge in [0.2, 0.25) is 0 Å². The fraction of sp³-hybridized carbons (Fsp3) is 0.318. The van der Waals surface area contributed by atoms with Crippen molar-refractivity contribution in [3.8, 4) is 11.5 Å². The van der Waals surface area contributed by atoms with E-state index < -0.39 is 13.8 Å². The first-order valence-corrected chi connectivity index (χ1v) is 11.4. The fourth-order valence-electron chi connectivity index (χ4n) is 3.51. The maximum Gasteiger partial charge on any atom is 0.310 e. The van der Waals surface area contributed by atoms with Crippen LogP contribution in [0.25, 0.3) is 0 Å². The van der Waals surface area contributed by atoms with Gasteiger partial charge in [0.15, 0.2) is 7.79 Å². The van der Waals surface area contributed by atoms with Gasteiger partial charge in [0.05, 0.1) is 27.2 Å². The first-order valence-electron chi connectivity index (χ1n) is 9.74. The van der Waals surface area contributed by atoms with Crippen LogP contribution in [0.4, 0.5) is 11.4 Å². The summed E-state index contributed by atoms with van der Waals surface area (Å²) in [4.78, 5) is 24.2. The van der Waals surface area contributed by atoms with Crippen LogP contribution < -0.4 is 18.8 Å². The molecule has 1 aliphatic heterocycles. The van der Waals surface area contributed by atoms with Gasteiger partial charge in [-0.25, -0.2) is 0 Å². The summed E-state index contributed by atoms with van der Waals surface area (Å²) in [5.74, 6) is 1.07. The molecule has 3 rings (SSSR count). The molecule has 30 heavy (non-hydrogen) atoms. The van der Waals surface area contributed by atoms with Crippen molar-refractivity contribution in [2.24, 2.45) is 0 Å². The minimum Gasteiger partial charge on any atom is -0.497 e. The highest BCUT2D eigenvalue weighted by molar-refractivity contribution is 7.77. The van der Waals surface area contributed by atoms with Crippen LogP contribution in [0.15, 0.2) is 60.4 Å². The van der Waals surface area contributed by atoms with Crippen LogP contribution >= 0.6 is 7.79 Å². The average Bonchev–Trinajstić information content (AvgIpc) is 3.12. The Kier molecular flexibility index (Phi) is 6.85. The van der Waals surface area contributed by atoms with Crippen molar-refractivity contribution < 1.29 is 23.9 Å². The second-order valence-corrected chi connectivity index (χ2v) is 9.49. The fourth-order valence-corrected chi connectivity index (χ4v) is 6.45. The van der Waals surface area contributed by atoms with Gasteiger partial charge in [0, 0.05) is 29.8 Å². The van der Waals surface area contributed by atoms with Crippen LogP contribution in [0.1, 0.15) is 13.3 Å². The number of benzene rings is 2. The Balaban J connectivity index is 1.98. The second kappa shape index (κ2) is 9.37. The molecule has 2 aromatic rings. The Morgan fingerprint density at radius 2 is 1.40 bits per heavy atom. The third-order valence-corrected chi connectivity index (χ3v) is 8.23. The van der Waals surface area contributed by atoms with Gasteiger partial charge in [-0.1, -0.05) is 6.58 Å². The summed E-state index contributed by atoms with van der Waals surface area (Å²) in [6.07, 6.45) is -0.0442. The van der Waals surface area contributed by atoms with Crippen molar-refractivity contribution in [3.05, 3.63) is 60.4 Å². The first-order chi connectivity index (χ1) is 14.4. The molecule has 0 aliphatic carbocycles. The Labute approximate surface area is 178 Å². The molecule has 161 valence electrons. The average molecular weight is 431 g/mol. The Bertz CT molecular complexity index is 830. The van der Waals surface area contributed by atoms with E-state index in [0.717, 1.165) is 22.9 Å². The van der Waals surface area contributed by atoms with E-state index in [4.69, 9.17) is 14.2 Å². The molecule has 1 aliphatic rings. The van der Waals surface area contributed by atoms with E-state index in [1.807, 2.05) is 57.9 Å². The maximum absolute atomic E-state index is 12.2. The molecule has 0 bridgehead atoms. The molecule has 0 saturated carbocycles. The van der Waals surface area contributed by atoms with Crippen molar-refractivity contribution in [2.75, 3.05) is 43.3 Å². The molecule has 0 atom stereocenters. The molecule has 2 aromatic carbocycles. The van der Waals surface area contributed by atoms with Crippen molar-refractivity contribution in [1.82, 2.24) is 0 Å². The van der Waals surface area contributed by atoms with Crippen molar-refractivity contribution >= 4 is 25.1 Å². The van der Waals surface area contributed by atoms with Gasteiger partial charge < -0.3 is 28.4 Å². The SMILES string of the molecule is C=C(CC(=O)OCC)[P]1(O)N(c2ccc(OC)cc2)CCN1c1ccc(OC)cc1. The number of anilines is 2. The minimum atomic E-state index is -3.11. The summed E-state index contributed by atoms with van der Waals surface area (Å²) in [7, 11) is 0.114. The number of ether oxygens (including phenoxy) is 3. The Hall–Kier alpha value is -2.76. The molecule has 1 saturated heterocycles. The van der Waals surface area contributed by atoms with Gasteiger partial charge in [-0.15, -0.1) is 0 Å². The van der Waals surface area contributed by atoms with Crippen LogP contribution in [0.3, 0.4) is 0 Å². The lowest BCUT2D eigenvalue weighted by molar-refractivity contribution is -0.142. The number of nitrogens with zero attached hydrogens (tertiary/aromatic N) is 2. The Morgan fingerprint density at radius 3 is 1.77 bits per heavy atom. The zero-order valence-corrected chi connectivity index (χ0v) is 18.5. The molecule has 0 aromatic heterocycles. The zero-order chi connectivity index (χ0) is 21.7. The summed E-state index contributed by atoms with van der Waals surface area (Å²) in [6, 6.07) is 15.0. The quantitative estimate of drug-likeness (QED) is 0.495. The summed E-state index contributed by atoms with van der Waals surface area (Å²) in [5.41, 5.74) is 1.68. The monoisotopic (exact) mass is 431 g/mol. The second-order valence-electron chi connectivity index (χ2n) is 6.76. The number of carbonyl (C=O) groups is 1. The van der Waals surface area contributed by atoms with Gasteiger partial charge >= 0.3 is 5.97 Å². The third-order valence-electron chi connectivity index (χ3n) is 5.02. The summed E-state index contributed by atoms with van der Waals surface area (Å²) < 4.78 is 19.5. The summed E-state index contributed by atoms with van der Waals surface area (Å²) >= 11 is 0. The van der Waals surface area contributed by atoms with Crippen molar-refractivity contribution in [2.45, 2.75) is 13.3 Å². The smallest absolute Gasteiger partial charge is 0.310 e. The standard InChI is InChI=1S/C22H28N2O5P/c1-5-29-22(25)16-17(2)30(26)23(18-6-10-20(27-3)11-7-18)14-15-24(30)19-8-12-21(28-4)13-9-19/h6-13,26H,2,5,14-16H2,1,3-4H3. The predicted octanol–water partition coefficient (Wildman–Crippen LogP) is 4.25. The maximum atomic E-state index is 12.2. The first kappa shape index (κ1) is 21.9. The molecule has 0 amide bonds. The number of hydrogen-bond donors (Lipinski definition) is 1. The van der Waals surface area contributed by atoms with Gasteiger partial charge in [0.1, 0.15) is 11.5 Å². The third kappa shape index (κ3) is 4.23. The predicted molar refractivity (Wildman–Crippen MR) is 120 cm³/mol. The van der Waals surface area contributed by atoms with Gasteiger partial charge in [-0.2, -0.15) is 0 Å². The molecule has 1 N–H and O–H groups in total. The van der Waals surface area contributed by atoms with Gasteiger partial charge in [-0.3, -0.25) is 4.79 Å². The highest BCUT2D eigenvalue weighted by atomic mass is 31.2. The Morgan fingerprint density at radius 1 is 0.967 bits per heavy atom. The molecule has 1 radical (unpaired) electrons. The topological polar surface area (TPSA) is 71.5 Å². The molecule has 0 unspecified atom stereocenters. The lowest BCUT2D eigenvalue weighted by atomic mass is 10.3. The highest BCUT2D eigenvalue weighted by Gasteiger charge is 2.47. The van der Waals surface area contributed by atoms with Gasteiger partial charge in [-0.05, 0) is 55.5 Å². The van der Waals surface area contributed by atoms with Crippen LogP contribution in [0, 0.1) is 0 Å². The van der Waals surface area contributed by atoms with Crippen molar-refractivity contribution in [3.63, 3.8) is 0 Å². The molecule has 1 heterocycles. The number of hydrogen-bond acceptors (Lipinski definition) is 7. The summed E-state index contributed by atoms with van der Waals surface area (Å²) in [6.45, 7) is 7.33. The van der Waals surface area contributed by atoms with Crippen LogP contribution in [0.2, 0.25) is 0 Å². The molecule has 0 spiro atoms. The lowest BCUT2D eigenvalue weighted by Gasteiger charge is -2.43. The van der Waals surface area contributed by atoms with Gasteiger partial charge in [0.25, 0.3) is 0 Å². The van der Waals surface area contributed by atoms with E-state index in [1.54, 1.807) is 21.1 Å². The number of rotatable bonds is 8. The highest BCUT2D eigenvalue weighted by Crippen LogP contribution is 2.72. The van der Waals surface area contributed by atoms with E-state index in [0.29, 0.717) is 18.4 Å². The molecular weight excluding hydrogens is 403 g/mol. The van der Waals surface area contributed by atoms with Crippen molar-refractivity contribution in [1.29, 1.82) is 0 Å². The van der Waals surface area contributed by atoms with Crippen LogP contribution in [-0.4, -0.2) is 44.8 Å². The lowest BCUT2D eigenvalue weighted by Crippen LogP contribution is -2.26. The molecule has 8 heteroatoms. The van der Waals surface area contributed by atoms with Crippen LogP contribution in [0.5, 0.6) is 11.5 Å². The number of methoxy groups -OCH3 is 2. The molecule has 1 fully saturated rings. The minimum absolute atomic E-state index is 0.0442. The number of esters is 1. The summed E-state index contributed by atoms with van der Waals surface area (Å²) in [5, 5.41) is 0.449. The molecule has 7 nitrogen and oxygen atoms in total. The zero-order valence-electron chi connectivity index (χ0n) is 17.6. The van der Waals surface area contributed by atoms with E-state index in [1.165, 1.54) is 0 Å². The van der Waals surface area contributed by atoms with E-state index in [-0.39, 0.29) is 13.0 Å². The van der Waals surface area contributed by atoms with E-state index in [9.17, 15) is 9.69 Å². The largest absolute Gasteiger partial charge is 0.497 e. The molecular formula is C22H28N2O5P. The van der Waals surface area contributed by atoms with E-state index >= 15 is 0 Å². The van der Waals surface area contributed by atoms with Crippen LogP contribution in [-0.2, 0) is 9.53 Å². The van der Waals surface area contributed by atoms with E-state index in [2.05, 4.69) is 6.58 Å². The normalized spacial score (nSPS) is 15.1.